The molecule has 0 aromatic carbocycles. The molecule has 6 nitrogen and oxygen atoms in total. The van der Waals surface area contributed by atoms with E-state index in [4.69, 9.17) is 0 Å². The van der Waals surface area contributed by atoms with Gasteiger partial charge < -0.3 is 10.6 Å². The molecule has 0 spiro atoms. The van der Waals surface area contributed by atoms with Gasteiger partial charge in [0.05, 0.1) is 6.54 Å². The Kier molecular flexibility index (Phi) is 7.86. The van der Waals surface area contributed by atoms with Gasteiger partial charge in [0, 0.05) is 25.7 Å². The number of carbonyl (C=O) groups excluding carboxylic acids is 2. The van der Waals surface area contributed by atoms with E-state index >= 15 is 0 Å². The van der Waals surface area contributed by atoms with Gasteiger partial charge in [0.1, 0.15) is 0 Å². The van der Waals surface area contributed by atoms with Crippen LogP contribution in [0, 0.1) is 0 Å². The molecule has 1 aliphatic heterocycles. The summed E-state index contributed by atoms with van der Waals surface area (Å²) in [5.41, 5.74) is 0. The van der Waals surface area contributed by atoms with Crippen molar-refractivity contribution < 1.29 is 9.59 Å². The molecule has 7 heteroatoms. The molecular weight excluding hydrogens is 244 g/mol. The number of halogens is 1. The van der Waals surface area contributed by atoms with Crippen molar-refractivity contribution in [1.29, 1.82) is 0 Å². The van der Waals surface area contributed by atoms with Crippen LogP contribution in [0.4, 0.5) is 4.79 Å². The molecule has 1 aliphatic rings. The Morgan fingerprint density at radius 3 is 2.65 bits per heavy atom. The van der Waals surface area contributed by atoms with Gasteiger partial charge in [-0.2, -0.15) is 0 Å². The van der Waals surface area contributed by atoms with Crippen LogP contribution in [0.5, 0.6) is 0 Å². The van der Waals surface area contributed by atoms with Crippen LogP contribution in [-0.4, -0.2) is 56.1 Å². The molecule has 0 aromatic rings. The molecule has 3 N–H and O–H groups in total. The van der Waals surface area contributed by atoms with E-state index in [9.17, 15) is 9.59 Å². The molecule has 0 bridgehead atoms. The number of hydrogen-bond acceptors (Lipinski definition) is 4. The number of rotatable bonds is 4. The van der Waals surface area contributed by atoms with Crippen molar-refractivity contribution in [3.8, 4) is 0 Å². The minimum atomic E-state index is -0.420. The van der Waals surface area contributed by atoms with Gasteiger partial charge in [-0.25, -0.2) is 4.79 Å². The highest BCUT2D eigenvalue weighted by Crippen LogP contribution is 2.07. The molecule has 0 aromatic heterocycles. The van der Waals surface area contributed by atoms with E-state index in [-0.39, 0.29) is 24.9 Å². The zero-order chi connectivity index (χ0) is 12.0. The Balaban J connectivity index is 0.00000256. The van der Waals surface area contributed by atoms with Gasteiger partial charge >= 0.3 is 6.03 Å². The maximum Gasteiger partial charge on any atom is 0.321 e. The largest absolute Gasteiger partial charge is 0.338 e. The van der Waals surface area contributed by atoms with Crippen LogP contribution in [0.2, 0.25) is 0 Å². The Morgan fingerprint density at radius 1 is 1.41 bits per heavy atom. The van der Waals surface area contributed by atoms with Crippen molar-refractivity contribution in [3.05, 3.63) is 0 Å². The lowest BCUT2D eigenvalue weighted by atomic mass is 10.3. The number of amides is 3. The third kappa shape index (κ3) is 5.86. The number of imide groups is 1. The second-order valence-electron chi connectivity index (χ2n) is 3.92. The highest BCUT2D eigenvalue weighted by molar-refractivity contribution is 5.95. The summed E-state index contributed by atoms with van der Waals surface area (Å²) in [6.07, 6.45) is 1.05. The van der Waals surface area contributed by atoms with E-state index in [1.54, 1.807) is 0 Å². The summed E-state index contributed by atoms with van der Waals surface area (Å²) >= 11 is 0. The van der Waals surface area contributed by atoms with E-state index in [1.807, 2.05) is 18.9 Å². The highest BCUT2D eigenvalue weighted by atomic mass is 35.5. The van der Waals surface area contributed by atoms with E-state index in [1.165, 1.54) is 0 Å². The summed E-state index contributed by atoms with van der Waals surface area (Å²) in [6.45, 7) is 4.37. The average molecular weight is 265 g/mol. The minimum absolute atomic E-state index is 0. The number of hydrogen-bond donors (Lipinski definition) is 3. The van der Waals surface area contributed by atoms with Crippen molar-refractivity contribution in [2.45, 2.75) is 19.4 Å². The normalized spacial score (nSPS) is 19.5. The number of urea groups is 1. The first-order valence-corrected chi connectivity index (χ1v) is 5.63. The zero-order valence-electron chi connectivity index (χ0n) is 10.3. The van der Waals surface area contributed by atoms with Crippen LogP contribution >= 0.6 is 12.4 Å². The topological polar surface area (TPSA) is 73.5 Å². The Morgan fingerprint density at radius 2 is 2.12 bits per heavy atom. The lowest BCUT2D eigenvalue weighted by molar-refractivity contribution is -0.120. The minimum Gasteiger partial charge on any atom is -0.338 e. The fraction of sp³-hybridized carbons (Fsp3) is 0.800. The van der Waals surface area contributed by atoms with E-state index in [0.717, 1.165) is 19.5 Å². The van der Waals surface area contributed by atoms with Gasteiger partial charge in [-0.05, 0) is 20.4 Å². The van der Waals surface area contributed by atoms with Crippen LogP contribution in [0.15, 0.2) is 0 Å². The van der Waals surface area contributed by atoms with Gasteiger partial charge in [-0.15, -0.1) is 12.4 Å². The number of carbonyl (C=O) groups is 2. The van der Waals surface area contributed by atoms with Crippen molar-refractivity contribution in [3.63, 3.8) is 0 Å². The van der Waals surface area contributed by atoms with Crippen molar-refractivity contribution in [2.75, 3.05) is 33.2 Å². The Bertz CT molecular complexity index is 263. The van der Waals surface area contributed by atoms with Crippen molar-refractivity contribution in [2.24, 2.45) is 0 Å². The van der Waals surface area contributed by atoms with Crippen LogP contribution in [0.25, 0.3) is 0 Å². The molecule has 0 saturated carbocycles. The molecule has 1 atom stereocenters. The summed E-state index contributed by atoms with van der Waals surface area (Å²) in [6, 6.07) is 0.0362. The summed E-state index contributed by atoms with van der Waals surface area (Å²) in [7, 11) is 1.92. The molecule has 1 rings (SSSR count). The number of nitrogens with zero attached hydrogens (tertiary/aromatic N) is 1. The first-order chi connectivity index (χ1) is 7.65. The van der Waals surface area contributed by atoms with Crippen molar-refractivity contribution >= 4 is 24.3 Å². The lowest BCUT2D eigenvalue weighted by Crippen LogP contribution is -2.44. The number of likely N-dealkylation sites (N-methyl/N-ethyl adjacent to an activating group) is 1. The molecular formula is C10H21ClN4O2. The SMILES string of the molecule is CCNC(=O)NC(=O)CN1CCC(NC)C1.Cl. The summed E-state index contributed by atoms with van der Waals surface area (Å²) < 4.78 is 0. The van der Waals surface area contributed by atoms with Crippen LogP contribution in [0.3, 0.4) is 0 Å². The lowest BCUT2D eigenvalue weighted by Gasteiger charge is -2.14. The molecule has 100 valence electrons. The van der Waals surface area contributed by atoms with Crippen LogP contribution < -0.4 is 16.0 Å². The van der Waals surface area contributed by atoms with E-state index in [0.29, 0.717) is 12.6 Å². The molecule has 0 aliphatic carbocycles. The second-order valence-corrected chi connectivity index (χ2v) is 3.92. The first-order valence-electron chi connectivity index (χ1n) is 5.63. The molecule has 1 saturated heterocycles. The Labute approximate surface area is 108 Å². The molecule has 3 amide bonds. The molecule has 0 radical (unpaired) electrons. The van der Waals surface area contributed by atoms with Gasteiger partial charge in [-0.3, -0.25) is 15.0 Å². The molecule has 1 fully saturated rings. The summed E-state index contributed by atoms with van der Waals surface area (Å²) in [4.78, 5) is 24.6. The van der Waals surface area contributed by atoms with Gasteiger partial charge in [0.2, 0.25) is 5.91 Å². The standard InChI is InChI=1S/C10H20N4O2.ClH/c1-3-12-10(16)13-9(15)7-14-5-4-8(6-14)11-2;/h8,11H,3-7H2,1-2H3,(H2,12,13,15,16);1H. The van der Waals surface area contributed by atoms with Crippen LogP contribution in [0.1, 0.15) is 13.3 Å². The summed E-state index contributed by atoms with van der Waals surface area (Å²) in [5, 5.41) is 7.98. The number of nitrogens with one attached hydrogen (secondary N) is 3. The summed E-state index contributed by atoms with van der Waals surface area (Å²) in [5.74, 6) is -0.247. The van der Waals surface area contributed by atoms with E-state index in [2.05, 4.69) is 16.0 Å². The molecule has 1 unspecified atom stereocenters. The predicted molar refractivity (Wildman–Crippen MR) is 68.4 cm³/mol. The third-order valence-corrected chi connectivity index (χ3v) is 2.64. The molecule has 1 heterocycles. The van der Waals surface area contributed by atoms with Gasteiger partial charge in [0.25, 0.3) is 0 Å². The smallest absolute Gasteiger partial charge is 0.321 e. The first kappa shape index (κ1) is 16.1. The van der Waals surface area contributed by atoms with Gasteiger partial charge in [-0.1, -0.05) is 0 Å². The average Bonchev–Trinajstić information content (AvgIpc) is 2.65. The number of likely N-dealkylation sites (tertiary alicyclic amines) is 1. The molecule has 17 heavy (non-hydrogen) atoms. The van der Waals surface area contributed by atoms with Crippen LogP contribution in [-0.2, 0) is 4.79 Å². The predicted octanol–water partition coefficient (Wildman–Crippen LogP) is -0.452. The maximum absolute atomic E-state index is 11.4. The zero-order valence-corrected chi connectivity index (χ0v) is 11.1. The fourth-order valence-electron chi connectivity index (χ4n) is 1.79. The van der Waals surface area contributed by atoms with Gasteiger partial charge in [0.15, 0.2) is 0 Å². The highest BCUT2D eigenvalue weighted by Gasteiger charge is 2.22. The third-order valence-electron chi connectivity index (χ3n) is 2.64. The van der Waals surface area contributed by atoms with Crippen molar-refractivity contribution in [1.82, 2.24) is 20.9 Å². The second kappa shape index (κ2) is 8.27. The Hall–Kier alpha value is -0.850. The quantitative estimate of drug-likeness (QED) is 0.643. The monoisotopic (exact) mass is 264 g/mol. The fourth-order valence-corrected chi connectivity index (χ4v) is 1.79. The maximum atomic E-state index is 11.4. The van der Waals surface area contributed by atoms with E-state index < -0.39 is 6.03 Å².